The Morgan fingerprint density at radius 1 is 1.07 bits per heavy atom. The first-order chi connectivity index (χ1) is 12.9. The summed E-state index contributed by atoms with van der Waals surface area (Å²) in [6.45, 7) is 4.23. The van der Waals surface area contributed by atoms with Crippen molar-refractivity contribution < 1.29 is 9.59 Å². The summed E-state index contributed by atoms with van der Waals surface area (Å²) in [7, 11) is 1.57. The van der Waals surface area contributed by atoms with Crippen LogP contribution in [0.3, 0.4) is 0 Å². The number of rotatable bonds is 7. The molecule has 0 spiro atoms. The molecule has 0 bridgehead atoms. The molecule has 0 radical (unpaired) electrons. The molecule has 0 aliphatic heterocycles. The molecule has 2 aromatic carbocycles. The predicted molar refractivity (Wildman–Crippen MR) is 110 cm³/mol. The molecule has 4 nitrogen and oxygen atoms in total. The van der Waals surface area contributed by atoms with Gasteiger partial charge in [-0.05, 0) is 36.6 Å². The van der Waals surface area contributed by atoms with Gasteiger partial charge in [-0.1, -0.05) is 66.0 Å². The molecule has 27 heavy (non-hydrogen) atoms. The van der Waals surface area contributed by atoms with E-state index < -0.39 is 6.04 Å². The highest BCUT2D eigenvalue weighted by Gasteiger charge is 2.28. The van der Waals surface area contributed by atoms with E-state index in [1.807, 2.05) is 38.1 Å². The first kappa shape index (κ1) is 21.3. The summed E-state index contributed by atoms with van der Waals surface area (Å²) in [5.41, 5.74) is 2.67. The molecular formula is C21H24Cl2N2O2. The zero-order valence-electron chi connectivity index (χ0n) is 15.8. The summed E-state index contributed by atoms with van der Waals surface area (Å²) in [5.74, 6) is -0.385. The van der Waals surface area contributed by atoms with Crippen LogP contribution in [0.4, 0.5) is 0 Å². The summed E-state index contributed by atoms with van der Waals surface area (Å²) >= 11 is 12.4. The highest BCUT2D eigenvalue weighted by atomic mass is 35.5. The van der Waals surface area contributed by atoms with Crippen molar-refractivity contribution >= 4 is 35.0 Å². The Morgan fingerprint density at radius 2 is 1.67 bits per heavy atom. The summed E-state index contributed by atoms with van der Waals surface area (Å²) in [4.78, 5) is 27.1. The Balaban J connectivity index is 2.33. The molecule has 0 saturated heterocycles. The fourth-order valence-electron chi connectivity index (χ4n) is 2.93. The van der Waals surface area contributed by atoms with Crippen molar-refractivity contribution in [2.24, 2.45) is 0 Å². The predicted octanol–water partition coefficient (Wildman–Crippen LogP) is 4.40. The minimum Gasteiger partial charge on any atom is -0.357 e. The number of halogens is 2. The van der Waals surface area contributed by atoms with Crippen LogP contribution >= 0.6 is 23.2 Å². The van der Waals surface area contributed by atoms with E-state index in [1.54, 1.807) is 30.1 Å². The first-order valence-electron chi connectivity index (χ1n) is 8.86. The van der Waals surface area contributed by atoms with Gasteiger partial charge in [-0.2, -0.15) is 0 Å². The van der Waals surface area contributed by atoms with Crippen molar-refractivity contribution in [1.29, 1.82) is 0 Å². The lowest BCUT2D eigenvalue weighted by Gasteiger charge is -2.30. The Morgan fingerprint density at radius 3 is 2.19 bits per heavy atom. The number of aryl methyl sites for hydroxylation is 1. The smallest absolute Gasteiger partial charge is 0.242 e. The lowest BCUT2D eigenvalue weighted by Crippen LogP contribution is -2.48. The van der Waals surface area contributed by atoms with E-state index in [4.69, 9.17) is 23.2 Å². The SMILES string of the molecule is CC[C@@H](C(=O)NC)N(Cc1ccc(C)cc1)C(=O)Cc1c(Cl)cccc1Cl. The van der Waals surface area contributed by atoms with Crippen molar-refractivity contribution in [3.05, 3.63) is 69.2 Å². The van der Waals surface area contributed by atoms with Crippen LogP contribution in [0.5, 0.6) is 0 Å². The zero-order valence-corrected chi connectivity index (χ0v) is 17.3. The van der Waals surface area contributed by atoms with Gasteiger partial charge in [-0.15, -0.1) is 0 Å². The van der Waals surface area contributed by atoms with Gasteiger partial charge in [0.15, 0.2) is 0 Å². The molecule has 1 atom stereocenters. The van der Waals surface area contributed by atoms with Gasteiger partial charge in [0.1, 0.15) is 6.04 Å². The van der Waals surface area contributed by atoms with Crippen LogP contribution in [0.15, 0.2) is 42.5 Å². The second kappa shape index (κ2) is 9.77. The van der Waals surface area contributed by atoms with E-state index in [1.165, 1.54) is 0 Å². The van der Waals surface area contributed by atoms with E-state index in [0.29, 0.717) is 28.6 Å². The second-order valence-corrected chi connectivity index (χ2v) is 7.24. The lowest BCUT2D eigenvalue weighted by atomic mass is 10.1. The Labute approximate surface area is 170 Å². The number of hydrogen-bond donors (Lipinski definition) is 1. The summed E-state index contributed by atoms with van der Waals surface area (Å²) in [6.07, 6.45) is 0.547. The van der Waals surface area contributed by atoms with Crippen LogP contribution in [0.2, 0.25) is 10.0 Å². The Kier molecular flexibility index (Phi) is 7.69. The van der Waals surface area contributed by atoms with Gasteiger partial charge in [0, 0.05) is 23.6 Å². The number of likely N-dealkylation sites (N-methyl/N-ethyl adjacent to an activating group) is 1. The molecule has 144 valence electrons. The highest BCUT2D eigenvalue weighted by Crippen LogP contribution is 2.26. The molecule has 0 aliphatic rings. The number of amides is 2. The van der Waals surface area contributed by atoms with E-state index >= 15 is 0 Å². The number of nitrogens with one attached hydrogen (secondary N) is 1. The normalized spacial score (nSPS) is 11.7. The topological polar surface area (TPSA) is 49.4 Å². The quantitative estimate of drug-likeness (QED) is 0.740. The number of nitrogens with zero attached hydrogens (tertiary/aromatic N) is 1. The van der Waals surface area contributed by atoms with Gasteiger partial charge in [-0.25, -0.2) is 0 Å². The molecule has 1 N–H and O–H groups in total. The maximum atomic E-state index is 13.1. The van der Waals surface area contributed by atoms with Gasteiger partial charge < -0.3 is 10.2 Å². The summed E-state index contributed by atoms with van der Waals surface area (Å²) < 4.78 is 0. The number of hydrogen-bond acceptors (Lipinski definition) is 2. The molecule has 6 heteroatoms. The Bertz CT molecular complexity index is 786. The van der Waals surface area contributed by atoms with Crippen molar-refractivity contribution in [2.45, 2.75) is 39.3 Å². The molecule has 2 amide bonds. The van der Waals surface area contributed by atoms with Crippen LogP contribution in [-0.4, -0.2) is 29.8 Å². The second-order valence-electron chi connectivity index (χ2n) is 6.42. The first-order valence-corrected chi connectivity index (χ1v) is 9.62. The average molecular weight is 407 g/mol. The van der Waals surface area contributed by atoms with E-state index in [2.05, 4.69) is 5.32 Å². The molecule has 0 aromatic heterocycles. The van der Waals surface area contributed by atoms with Crippen LogP contribution in [0.25, 0.3) is 0 Å². The van der Waals surface area contributed by atoms with Gasteiger partial charge in [0.25, 0.3) is 0 Å². The molecule has 0 heterocycles. The molecule has 0 saturated carbocycles. The average Bonchev–Trinajstić information content (AvgIpc) is 2.65. The zero-order chi connectivity index (χ0) is 20.0. The Hall–Kier alpha value is -2.04. The van der Waals surface area contributed by atoms with Crippen molar-refractivity contribution in [3.63, 3.8) is 0 Å². The fraction of sp³-hybridized carbons (Fsp3) is 0.333. The third-order valence-corrected chi connectivity index (χ3v) is 5.20. The highest BCUT2D eigenvalue weighted by molar-refractivity contribution is 6.36. The number of carbonyl (C=O) groups excluding carboxylic acids is 2. The van der Waals surface area contributed by atoms with Gasteiger partial charge in [0.2, 0.25) is 11.8 Å². The largest absolute Gasteiger partial charge is 0.357 e. The van der Waals surface area contributed by atoms with E-state index in [0.717, 1.165) is 11.1 Å². The van der Waals surface area contributed by atoms with E-state index in [-0.39, 0.29) is 18.2 Å². The molecule has 0 aliphatic carbocycles. The third kappa shape index (κ3) is 5.47. The number of carbonyl (C=O) groups is 2. The minimum absolute atomic E-state index is 0.0395. The molecule has 2 rings (SSSR count). The monoisotopic (exact) mass is 406 g/mol. The molecular weight excluding hydrogens is 383 g/mol. The fourth-order valence-corrected chi connectivity index (χ4v) is 3.46. The van der Waals surface area contributed by atoms with Crippen molar-refractivity contribution in [1.82, 2.24) is 10.2 Å². The van der Waals surface area contributed by atoms with Crippen LogP contribution in [-0.2, 0) is 22.6 Å². The maximum Gasteiger partial charge on any atom is 0.242 e. The summed E-state index contributed by atoms with van der Waals surface area (Å²) in [5, 5.41) is 3.54. The van der Waals surface area contributed by atoms with Gasteiger partial charge >= 0.3 is 0 Å². The van der Waals surface area contributed by atoms with Gasteiger partial charge in [0.05, 0.1) is 6.42 Å². The molecule has 2 aromatic rings. The van der Waals surface area contributed by atoms with Crippen LogP contribution in [0.1, 0.15) is 30.0 Å². The number of benzene rings is 2. The van der Waals surface area contributed by atoms with Crippen LogP contribution < -0.4 is 5.32 Å². The van der Waals surface area contributed by atoms with Crippen molar-refractivity contribution in [2.75, 3.05) is 7.05 Å². The van der Waals surface area contributed by atoms with Gasteiger partial charge in [-0.3, -0.25) is 9.59 Å². The summed E-state index contributed by atoms with van der Waals surface area (Å²) in [6, 6.07) is 12.5. The standard InChI is InChI=1S/C21H24Cl2N2O2/c1-4-19(21(27)24-3)25(13-15-10-8-14(2)9-11-15)20(26)12-16-17(22)6-5-7-18(16)23/h5-11,19H,4,12-13H2,1-3H3,(H,24,27)/t19-/m0/s1. The minimum atomic E-state index is -0.565. The van der Waals surface area contributed by atoms with E-state index in [9.17, 15) is 9.59 Å². The lowest BCUT2D eigenvalue weighted by molar-refractivity contribution is -0.140. The van der Waals surface area contributed by atoms with Crippen LogP contribution in [0, 0.1) is 6.92 Å². The molecule has 0 unspecified atom stereocenters. The maximum absolute atomic E-state index is 13.1. The third-order valence-electron chi connectivity index (χ3n) is 4.50. The molecule has 0 fully saturated rings. The van der Waals surface area contributed by atoms with Crippen molar-refractivity contribution in [3.8, 4) is 0 Å².